The minimum Gasteiger partial charge on any atom is -0.478 e. The maximum Gasteiger partial charge on any atom is 0.221 e. The summed E-state index contributed by atoms with van der Waals surface area (Å²) in [6, 6.07) is 17.5. The number of nitrogens with zero attached hydrogens (tertiary/aromatic N) is 4. The third kappa shape index (κ3) is 3.55. The number of hydrogen-bond acceptors (Lipinski definition) is 6. The van der Waals surface area contributed by atoms with Crippen LogP contribution in [0.4, 0.5) is 5.95 Å². The third-order valence-corrected chi connectivity index (χ3v) is 4.09. The van der Waals surface area contributed by atoms with Crippen molar-refractivity contribution < 1.29 is 4.74 Å². The molecule has 0 unspecified atom stereocenters. The minimum atomic E-state index is 0.231. The molecule has 0 aliphatic rings. The van der Waals surface area contributed by atoms with E-state index >= 15 is 0 Å². The van der Waals surface area contributed by atoms with E-state index in [1.54, 1.807) is 6.20 Å². The van der Waals surface area contributed by atoms with Gasteiger partial charge in [0.05, 0.1) is 17.8 Å². The zero-order valence-corrected chi connectivity index (χ0v) is 15.0. The molecule has 3 heterocycles. The lowest BCUT2D eigenvalue weighted by atomic mass is 10.1. The van der Waals surface area contributed by atoms with Crippen molar-refractivity contribution in [2.75, 3.05) is 12.3 Å². The van der Waals surface area contributed by atoms with Crippen LogP contribution >= 0.6 is 0 Å². The summed E-state index contributed by atoms with van der Waals surface area (Å²) >= 11 is 0. The Bertz CT molecular complexity index is 1070. The Morgan fingerprint density at radius 1 is 0.889 bits per heavy atom. The molecule has 6 heteroatoms. The molecule has 27 heavy (non-hydrogen) atoms. The van der Waals surface area contributed by atoms with Crippen molar-refractivity contribution in [2.24, 2.45) is 0 Å². The van der Waals surface area contributed by atoms with E-state index in [2.05, 4.69) is 21.9 Å². The summed E-state index contributed by atoms with van der Waals surface area (Å²) in [7, 11) is 0. The summed E-state index contributed by atoms with van der Waals surface area (Å²) in [6.45, 7) is 2.71. The first-order valence-electron chi connectivity index (χ1n) is 8.83. The summed E-state index contributed by atoms with van der Waals surface area (Å²) in [4.78, 5) is 17.9. The van der Waals surface area contributed by atoms with Gasteiger partial charge in [0.1, 0.15) is 11.2 Å². The average Bonchev–Trinajstić information content (AvgIpc) is 2.72. The van der Waals surface area contributed by atoms with Crippen LogP contribution in [0.2, 0.25) is 0 Å². The highest BCUT2D eigenvalue weighted by molar-refractivity contribution is 5.91. The topological polar surface area (TPSA) is 86.8 Å². The van der Waals surface area contributed by atoms with E-state index in [1.165, 1.54) is 0 Å². The molecular weight excluding hydrogens is 338 g/mol. The van der Waals surface area contributed by atoms with Gasteiger partial charge in [-0.3, -0.25) is 0 Å². The van der Waals surface area contributed by atoms with E-state index in [0.29, 0.717) is 23.5 Å². The van der Waals surface area contributed by atoms with Gasteiger partial charge in [-0.2, -0.15) is 0 Å². The molecule has 1 aromatic carbocycles. The second kappa shape index (κ2) is 7.37. The van der Waals surface area contributed by atoms with Crippen LogP contribution in [0.1, 0.15) is 13.3 Å². The minimum absolute atomic E-state index is 0.231. The SMILES string of the molecule is CCCOc1ccc(-c2ccc3nc(N)nc(-c4ccccc4)c3n2)cn1. The quantitative estimate of drug-likeness (QED) is 0.578. The number of anilines is 1. The summed E-state index contributed by atoms with van der Waals surface area (Å²) in [6.07, 6.45) is 2.71. The molecule has 2 N–H and O–H groups in total. The number of rotatable bonds is 5. The predicted octanol–water partition coefficient (Wildman–Crippen LogP) is 4.12. The number of aromatic nitrogens is 4. The number of ether oxygens (including phenoxy) is 1. The summed E-state index contributed by atoms with van der Waals surface area (Å²) in [5.41, 5.74) is 10.7. The van der Waals surface area contributed by atoms with Crippen molar-refractivity contribution in [3.8, 4) is 28.4 Å². The van der Waals surface area contributed by atoms with Crippen molar-refractivity contribution >= 4 is 17.0 Å². The number of hydrogen-bond donors (Lipinski definition) is 1. The van der Waals surface area contributed by atoms with E-state index < -0.39 is 0 Å². The largest absolute Gasteiger partial charge is 0.478 e. The second-order valence-corrected chi connectivity index (χ2v) is 6.09. The Balaban J connectivity index is 1.78. The standard InChI is InChI=1S/C21H19N5O/c1-2-12-27-18-11-8-15(13-23-18)16-9-10-17-20(24-16)19(26-21(22)25-17)14-6-4-3-5-7-14/h3-11,13H,2,12H2,1H3,(H2,22,25,26). The monoisotopic (exact) mass is 357 g/mol. The van der Waals surface area contributed by atoms with Crippen LogP contribution < -0.4 is 10.5 Å². The molecule has 0 aliphatic carbocycles. The van der Waals surface area contributed by atoms with Gasteiger partial charge in [-0.05, 0) is 24.6 Å². The Labute approximate surface area is 157 Å². The molecular formula is C21H19N5O. The van der Waals surface area contributed by atoms with Gasteiger partial charge in [-0.15, -0.1) is 0 Å². The highest BCUT2D eigenvalue weighted by Gasteiger charge is 2.12. The molecule has 4 rings (SSSR count). The van der Waals surface area contributed by atoms with Gasteiger partial charge in [-0.25, -0.2) is 19.9 Å². The fraction of sp³-hybridized carbons (Fsp3) is 0.143. The van der Waals surface area contributed by atoms with Crippen LogP contribution in [-0.2, 0) is 0 Å². The van der Waals surface area contributed by atoms with Gasteiger partial charge in [0.15, 0.2) is 0 Å². The first-order chi connectivity index (χ1) is 13.2. The highest BCUT2D eigenvalue weighted by Crippen LogP contribution is 2.28. The molecule has 134 valence electrons. The van der Waals surface area contributed by atoms with Crippen LogP contribution in [0, 0.1) is 0 Å². The lowest BCUT2D eigenvalue weighted by Gasteiger charge is -2.09. The summed E-state index contributed by atoms with van der Waals surface area (Å²) in [5, 5.41) is 0. The van der Waals surface area contributed by atoms with Crippen molar-refractivity contribution in [1.29, 1.82) is 0 Å². The Kier molecular flexibility index (Phi) is 4.61. The first kappa shape index (κ1) is 16.9. The fourth-order valence-corrected chi connectivity index (χ4v) is 2.81. The molecule has 0 fully saturated rings. The van der Waals surface area contributed by atoms with Gasteiger partial charge in [0.25, 0.3) is 0 Å². The van der Waals surface area contributed by atoms with Crippen LogP contribution in [0.3, 0.4) is 0 Å². The van der Waals surface area contributed by atoms with E-state index in [4.69, 9.17) is 15.5 Å². The molecule has 0 atom stereocenters. The highest BCUT2D eigenvalue weighted by atomic mass is 16.5. The molecule has 3 aromatic heterocycles. The van der Waals surface area contributed by atoms with Gasteiger partial charge in [0.2, 0.25) is 11.8 Å². The molecule has 0 saturated carbocycles. The van der Waals surface area contributed by atoms with Crippen LogP contribution in [0.25, 0.3) is 33.5 Å². The van der Waals surface area contributed by atoms with E-state index in [-0.39, 0.29) is 5.95 Å². The molecule has 0 saturated heterocycles. The lowest BCUT2D eigenvalue weighted by molar-refractivity contribution is 0.305. The van der Waals surface area contributed by atoms with E-state index in [9.17, 15) is 0 Å². The zero-order valence-electron chi connectivity index (χ0n) is 15.0. The van der Waals surface area contributed by atoms with E-state index in [1.807, 2.05) is 54.6 Å². The van der Waals surface area contributed by atoms with E-state index in [0.717, 1.165) is 28.9 Å². The molecule has 0 bridgehead atoms. The summed E-state index contributed by atoms with van der Waals surface area (Å²) in [5.74, 6) is 0.845. The smallest absolute Gasteiger partial charge is 0.221 e. The van der Waals surface area contributed by atoms with Gasteiger partial charge < -0.3 is 10.5 Å². The number of nitrogens with two attached hydrogens (primary N) is 1. The summed E-state index contributed by atoms with van der Waals surface area (Å²) < 4.78 is 5.54. The number of fused-ring (bicyclic) bond motifs is 1. The number of pyridine rings is 2. The maximum absolute atomic E-state index is 5.89. The molecule has 0 aliphatic heterocycles. The van der Waals surface area contributed by atoms with Gasteiger partial charge in [0, 0.05) is 23.4 Å². The Hall–Kier alpha value is -3.54. The molecule has 4 aromatic rings. The zero-order chi connectivity index (χ0) is 18.6. The Morgan fingerprint density at radius 3 is 2.48 bits per heavy atom. The first-order valence-corrected chi connectivity index (χ1v) is 8.83. The lowest BCUT2D eigenvalue weighted by Crippen LogP contribution is -2.00. The molecule has 0 spiro atoms. The van der Waals surface area contributed by atoms with Crippen LogP contribution in [-0.4, -0.2) is 26.5 Å². The van der Waals surface area contributed by atoms with Crippen LogP contribution in [0.5, 0.6) is 5.88 Å². The van der Waals surface area contributed by atoms with Gasteiger partial charge >= 0.3 is 0 Å². The van der Waals surface area contributed by atoms with Crippen molar-refractivity contribution in [1.82, 2.24) is 19.9 Å². The predicted molar refractivity (Wildman–Crippen MR) is 106 cm³/mol. The normalized spacial score (nSPS) is 10.9. The molecule has 0 amide bonds. The number of nitrogen functional groups attached to an aromatic ring is 1. The van der Waals surface area contributed by atoms with Crippen LogP contribution in [0.15, 0.2) is 60.8 Å². The average molecular weight is 357 g/mol. The maximum atomic E-state index is 5.89. The Morgan fingerprint density at radius 2 is 1.74 bits per heavy atom. The van der Waals surface area contributed by atoms with Crippen molar-refractivity contribution in [2.45, 2.75) is 13.3 Å². The van der Waals surface area contributed by atoms with Crippen molar-refractivity contribution in [3.05, 3.63) is 60.8 Å². The molecule has 6 nitrogen and oxygen atoms in total. The van der Waals surface area contributed by atoms with Gasteiger partial charge in [-0.1, -0.05) is 37.3 Å². The third-order valence-electron chi connectivity index (χ3n) is 4.09. The molecule has 0 radical (unpaired) electrons. The second-order valence-electron chi connectivity index (χ2n) is 6.09. The van der Waals surface area contributed by atoms with Crippen molar-refractivity contribution in [3.63, 3.8) is 0 Å². The number of benzene rings is 1. The fourth-order valence-electron chi connectivity index (χ4n) is 2.81.